The van der Waals surface area contributed by atoms with Gasteiger partial charge in [0.1, 0.15) is 0 Å². The summed E-state index contributed by atoms with van der Waals surface area (Å²) >= 11 is 0. The number of hydrogen-bond acceptors (Lipinski definition) is 2. The highest BCUT2D eigenvalue weighted by molar-refractivity contribution is 5.12. The Balaban J connectivity index is 4.30. The van der Waals surface area contributed by atoms with Crippen molar-refractivity contribution in [3.8, 4) is 0 Å². The van der Waals surface area contributed by atoms with Gasteiger partial charge in [-0.3, -0.25) is 0 Å². The molecule has 0 aromatic heterocycles. The van der Waals surface area contributed by atoms with E-state index in [9.17, 15) is 0 Å². The molecule has 0 aliphatic carbocycles. The maximum absolute atomic E-state index is 4.00. The Hall–Kier alpha value is -0.920. The Morgan fingerprint density at radius 1 is 0.917 bits per heavy atom. The zero-order chi connectivity index (χ0) is 9.89. The summed E-state index contributed by atoms with van der Waals surface area (Å²) < 4.78 is 0. The molecule has 0 saturated carbocycles. The molecule has 0 aliphatic heterocycles. The zero-order valence-corrected chi connectivity index (χ0v) is 8.89. The van der Waals surface area contributed by atoms with Crippen molar-refractivity contribution in [3.63, 3.8) is 0 Å². The third-order valence-corrected chi connectivity index (χ3v) is 2.15. The van der Waals surface area contributed by atoms with Crippen LogP contribution in [-0.4, -0.2) is 38.0 Å². The quantitative estimate of drug-likeness (QED) is 0.631. The van der Waals surface area contributed by atoms with Gasteiger partial charge in [0, 0.05) is 45.5 Å². The van der Waals surface area contributed by atoms with Gasteiger partial charge in [-0.25, -0.2) is 0 Å². The molecule has 0 atom stereocenters. The summed E-state index contributed by atoms with van der Waals surface area (Å²) in [7, 11) is 8.01. The smallest absolute Gasteiger partial charge is 0.0348 e. The highest BCUT2D eigenvalue weighted by Crippen LogP contribution is 2.19. The van der Waals surface area contributed by atoms with E-state index in [-0.39, 0.29) is 0 Å². The van der Waals surface area contributed by atoms with E-state index in [2.05, 4.69) is 20.1 Å². The maximum Gasteiger partial charge on any atom is 0.0348 e. The van der Waals surface area contributed by atoms with Gasteiger partial charge >= 0.3 is 0 Å². The minimum atomic E-state index is 0.315. The molecule has 0 amide bonds. The number of nitrogens with zero attached hydrogens (tertiary/aromatic N) is 2. The van der Waals surface area contributed by atoms with Crippen molar-refractivity contribution < 1.29 is 0 Å². The van der Waals surface area contributed by atoms with Crippen LogP contribution in [0.15, 0.2) is 24.6 Å². The summed E-state index contributed by atoms with van der Waals surface area (Å²) in [6.07, 6.45) is 0. The lowest BCUT2D eigenvalue weighted by atomic mass is 10.0. The summed E-state index contributed by atoms with van der Waals surface area (Å²) in [5.74, 6) is 0.315. The van der Waals surface area contributed by atoms with Crippen LogP contribution in [0.25, 0.3) is 0 Å². The van der Waals surface area contributed by atoms with Crippen LogP contribution in [0.5, 0.6) is 0 Å². The van der Waals surface area contributed by atoms with Gasteiger partial charge < -0.3 is 9.80 Å². The van der Waals surface area contributed by atoms with Crippen LogP contribution in [0.3, 0.4) is 0 Å². The van der Waals surface area contributed by atoms with Gasteiger partial charge in [0.05, 0.1) is 0 Å². The first kappa shape index (κ1) is 11.1. The van der Waals surface area contributed by atoms with Crippen molar-refractivity contribution in [2.24, 2.45) is 5.92 Å². The molecule has 0 heterocycles. The van der Waals surface area contributed by atoms with Gasteiger partial charge in [-0.15, -0.1) is 0 Å². The Kier molecular flexibility index (Phi) is 3.87. The topological polar surface area (TPSA) is 6.48 Å². The molecule has 0 saturated heterocycles. The summed E-state index contributed by atoms with van der Waals surface area (Å²) in [6, 6.07) is 0. The lowest BCUT2D eigenvalue weighted by Gasteiger charge is -2.27. The molecular weight excluding hydrogens is 148 g/mol. The minimum Gasteiger partial charge on any atom is -0.381 e. The van der Waals surface area contributed by atoms with Gasteiger partial charge in [-0.2, -0.15) is 0 Å². The maximum atomic E-state index is 4.00. The fraction of sp³-hybridized carbons (Fsp3) is 0.600. The van der Waals surface area contributed by atoms with Gasteiger partial charge in [0.2, 0.25) is 0 Å². The molecule has 0 aromatic carbocycles. The standard InChI is InChI=1S/C10H20N2/c1-8(9(2)11(4)5)10(3)12(6)7/h8H,2-3H2,1,4-7H3. The van der Waals surface area contributed by atoms with E-state index >= 15 is 0 Å². The zero-order valence-electron chi connectivity index (χ0n) is 8.89. The van der Waals surface area contributed by atoms with Crippen LogP contribution in [0, 0.1) is 5.92 Å². The Bertz CT molecular complexity index is 160. The second-order valence-corrected chi connectivity index (χ2v) is 3.49. The third-order valence-electron chi connectivity index (χ3n) is 2.15. The molecule has 70 valence electrons. The van der Waals surface area contributed by atoms with Crippen molar-refractivity contribution in [2.75, 3.05) is 28.2 Å². The fourth-order valence-corrected chi connectivity index (χ4v) is 0.967. The molecule has 0 bridgehead atoms. The van der Waals surface area contributed by atoms with Crippen LogP contribution in [0.1, 0.15) is 6.92 Å². The van der Waals surface area contributed by atoms with Gasteiger partial charge in [-0.1, -0.05) is 20.1 Å². The highest BCUT2D eigenvalue weighted by atomic mass is 15.1. The van der Waals surface area contributed by atoms with Crippen LogP contribution >= 0.6 is 0 Å². The average Bonchev–Trinajstić information content (AvgIpc) is 2.00. The van der Waals surface area contributed by atoms with Crippen molar-refractivity contribution in [1.82, 2.24) is 9.80 Å². The molecule has 0 unspecified atom stereocenters. The molecule has 12 heavy (non-hydrogen) atoms. The SMILES string of the molecule is C=C(C(C)C(=C)N(C)C)N(C)C. The van der Waals surface area contributed by atoms with Crippen LogP contribution in [0.4, 0.5) is 0 Å². The van der Waals surface area contributed by atoms with E-state index in [1.165, 1.54) is 0 Å². The predicted octanol–water partition coefficient (Wildman–Crippen LogP) is 1.77. The molecular formula is C10H20N2. The molecule has 0 N–H and O–H groups in total. The van der Waals surface area contributed by atoms with E-state index in [4.69, 9.17) is 0 Å². The van der Waals surface area contributed by atoms with E-state index in [0.29, 0.717) is 5.92 Å². The summed E-state index contributed by atoms with van der Waals surface area (Å²) in [4.78, 5) is 4.05. The van der Waals surface area contributed by atoms with Crippen LogP contribution < -0.4 is 0 Å². The van der Waals surface area contributed by atoms with E-state index in [1.54, 1.807) is 0 Å². The first-order chi connectivity index (χ1) is 5.37. The molecule has 0 fully saturated rings. The molecule has 2 heteroatoms. The first-order valence-corrected chi connectivity index (χ1v) is 4.10. The summed E-state index contributed by atoms with van der Waals surface area (Å²) in [5, 5.41) is 0. The van der Waals surface area contributed by atoms with Crippen molar-refractivity contribution in [3.05, 3.63) is 24.6 Å². The van der Waals surface area contributed by atoms with Crippen LogP contribution in [-0.2, 0) is 0 Å². The molecule has 0 aromatic rings. The van der Waals surface area contributed by atoms with Gasteiger partial charge in [0.25, 0.3) is 0 Å². The number of hydrogen-bond donors (Lipinski definition) is 0. The van der Waals surface area contributed by atoms with E-state index in [1.807, 2.05) is 38.0 Å². The number of rotatable bonds is 4. The van der Waals surface area contributed by atoms with Gasteiger partial charge in [0.15, 0.2) is 0 Å². The molecule has 0 radical (unpaired) electrons. The monoisotopic (exact) mass is 168 g/mol. The summed E-state index contributed by atoms with van der Waals surface area (Å²) in [5.41, 5.74) is 2.18. The Morgan fingerprint density at radius 3 is 1.33 bits per heavy atom. The first-order valence-electron chi connectivity index (χ1n) is 4.10. The van der Waals surface area contributed by atoms with E-state index in [0.717, 1.165) is 11.4 Å². The molecule has 0 spiro atoms. The third kappa shape index (κ3) is 2.61. The molecule has 0 aliphatic rings. The molecule has 0 rings (SSSR count). The lowest BCUT2D eigenvalue weighted by molar-refractivity contribution is 0.396. The molecule has 2 nitrogen and oxygen atoms in total. The Morgan fingerprint density at radius 2 is 1.17 bits per heavy atom. The fourth-order valence-electron chi connectivity index (χ4n) is 0.967. The largest absolute Gasteiger partial charge is 0.381 e. The van der Waals surface area contributed by atoms with Crippen molar-refractivity contribution in [1.29, 1.82) is 0 Å². The van der Waals surface area contributed by atoms with Gasteiger partial charge in [-0.05, 0) is 0 Å². The van der Waals surface area contributed by atoms with E-state index < -0.39 is 0 Å². The second-order valence-electron chi connectivity index (χ2n) is 3.49. The predicted molar refractivity (Wildman–Crippen MR) is 54.8 cm³/mol. The Labute approximate surface area is 76.2 Å². The van der Waals surface area contributed by atoms with Crippen molar-refractivity contribution in [2.45, 2.75) is 6.92 Å². The van der Waals surface area contributed by atoms with Crippen LogP contribution in [0.2, 0.25) is 0 Å². The lowest BCUT2D eigenvalue weighted by Crippen LogP contribution is -2.23. The second kappa shape index (κ2) is 4.19. The average molecular weight is 168 g/mol. The van der Waals surface area contributed by atoms with Crippen molar-refractivity contribution >= 4 is 0 Å². The highest BCUT2D eigenvalue weighted by Gasteiger charge is 2.12. The normalized spacial score (nSPS) is 9.83. The summed E-state index contributed by atoms with van der Waals surface area (Å²) in [6.45, 7) is 10.1. The minimum absolute atomic E-state index is 0.315.